The van der Waals surface area contributed by atoms with Crippen molar-refractivity contribution in [3.05, 3.63) is 28.8 Å². The average Bonchev–Trinajstić information content (AvgIpc) is 2.62. The van der Waals surface area contributed by atoms with Gasteiger partial charge >= 0.3 is 0 Å². The zero-order valence-corrected chi connectivity index (χ0v) is 8.49. The number of hydrogen-bond acceptors (Lipinski definition) is 4. The molecular weight excluding hydrogens is 194 g/mol. The van der Waals surface area contributed by atoms with E-state index in [-0.39, 0.29) is 17.1 Å². The molecule has 0 aromatic heterocycles. The van der Waals surface area contributed by atoms with Gasteiger partial charge in [0.2, 0.25) is 0 Å². The summed E-state index contributed by atoms with van der Waals surface area (Å²) < 4.78 is 5.21. The molecule has 0 fully saturated rings. The van der Waals surface area contributed by atoms with E-state index in [1.165, 1.54) is 0 Å². The van der Waals surface area contributed by atoms with Crippen molar-refractivity contribution in [2.45, 2.75) is 26.2 Å². The van der Waals surface area contributed by atoms with Crippen LogP contribution in [0.4, 0.5) is 0 Å². The fraction of sp³-hybridized carbons (Fsp3) is 0.364. The van der Waals surface area contributed by atoms with Crippen LogP contribution in [-0.2, 0) is 18.0 Å². The van der Waals surface area contributed by atoms with Crippen molar-refractivity contribution in [2.24, 2.45) is 5.73 Å². The first-order chi connectivity index (χ1) is 7.09. The van der Waals surface area contributed by atoms with Gasteiger partial charge in [0.05, 0.1) is 24.8 Å². The van der Waals surface area contributed by atoms with E-state index in [0.717, 1.165) is 11.1 Å². The van der Waals surface area contributed by atoms with E-state index in [9.17, 15) is 9.90 Å². The van der Waals surface area contributed by atoms with Crippen LogP contribution in [0.25, 0.3) is 0 Å². The quantitative estimate of drug-likeness (QED) is 0.708. The summed E-state index contributed by atoms with van der Waals surface area (Å²) >= 11 is 0. The van der Waals surface area contributed by atoms with Crippen LogP contribution < -0.4 is 5.73 Å². The Hall–Kier alpha value is -1.39. The number of aromatic hydroxyl groups is 1. The standard InChI is InChI=1S/C11H13NO3/c1-6(12)11(14)9-2-7-4-15-5-8(7)3-10(9)13/h2-3,6,13H,4-5,12H2,1H3. The number of ketones is 1. The third-order valence-corrected chi connectivity index (χ3v) is 2.51. The van der Waals surface area contributed by atoms with Gasteiger partial charge in [0.15, 0.2) is 5.78 Å². The number of rotatable bonds is 2. The Labute approximate surface area is 87.7 Å². The van der Waals surface area contributed by atoms with Crippen LogP contribution in [0.15, 0.2) is 12.1 Å². The molecule has 4 nitrogen and oxygen atoms in total. The third kappa shape index (κ3) is 1.73. The van der Waals surface area contributed by atoms with E-state index in [1.807, 2.05) is 0 Å². The SMILES string of the molecule is CC(N)C(=O)c1cc2c(cc1O)COC2. The highest BCUT2D eigenvalue weighted by atomic mass is 16.5. The Morgan fingerprint density at radius 1 is 1.47 bits per heavy atom. The fourth-order valence-electron chi connectivity index (χ4n) is 1.66. The van der Waals surface area contributed by atoms with Crippen LogP contribution in [-0.4, -0.2) is 16.9 Å². The fourth-order valence-corrected chi connectivity index (χ4v) is 1.66. The number of phenols is 1. The summed E-state index contributed by atoms with van der Waals surface area (Å²) in [5, 5.41) is 9.66. The molecule has 4 heteroatoms. The van der Waals surface area contributed by atoms with Gasteiger partial charge in [0, 0.05) is 0 Å². The maximum absolute atomic E-state index is 11.6. The monoisotopic (exact) mass is 207 g/mol. The first-order valence-corrected chi connectivity index (χ1v) is 4.82. The molecule has 1 aliphatic rings. The van der Waals surface area contributed by atoms with Crippen molar-refractivity contribution in [1.82, 2.24) is 0 Å². The number of benzene rings is 1. The Bertz CT molecular complexity index is 413. The van der Waals surface area contributed by atoms with Gasteiger partial charge in [-0.3, -0.25) is 4.79 Å². The number of hydrogen-bond donors (Lipinski definition) is 2. The van der Waals surface area contributed by atoms with Crippen LogP contribution in [0.2, 0.25) is 0 Å². The Balaban J connectivity index is 2.45. The van der Waals surface area contributed by atoms with E-state index < -0.39 is 6.04 Å². The number of Topliss-reactive ketones (excluding diaryl/α,β-unsaturated/α-hetero) is 1. The lowest BCUT2D eigenvalue weighted by Crippen LogP contribution is -2.26. The van der Waals surface area contributed by atoms with E-state index in [4.69, 9.17) is 10.5 Å². The minimum atomic E-state index is -0.601. The largest absolute Gasteiger partial charge is 0.507 e. The predicted octanol–water partition coefficient (Wildman–Crippen LogP) is 0.952. The van der Waals surface area contributed by atoms with Gasteiger partial charge in [-0.15, -0.1) is 0 Å². The van der Waals surface area contributed by atoms with Crippen LogP contribution in [0.5, 0.6) is 5.75 Å². The lowest BCUT2D eigenvalue weighted by Gasteiger charge is -2.08. The second-order valence-electron chi connectivity index (χ2n) is 3.78. The van der Waals surface area contributed by atoms with Crippen molar-refractivity contribution in [1.29, 1.82) is 0 Å². The number of fused-ring (bicyclic) bond motifs is 1. The topological polar surface area (TPSA) is 72.6 Å². The highest BCUT2D eigenvalue weighted by molar-refractivity contribution is 6.02. The maximum atomic E-state index is 11.6. The molecule has 1 aromatic carbocycles. The Kier molecular flexibility index (Phi) is 2.46. The molecule has 1 heterocycles. The first kappa shape index (κ1) is 10.1. The second-order valence-corrected chi connectivity index (χ2v) is 3.78. The molecule has 1 aromatic rings. The molecule has 0 radical (unpaired) electrons. The van der Waals surface area contributed by atoms with Crippen molar-refractivity contribution < 1.29 is 14.6 Å². The maximum Gasteiger partial charge on any atom is 0.182 e. The summed E-state index contributed by atoms with van der Waals surface area (Å²) in [4.78, 5) is 11.6. The van der Waals surface area contributed by atoms with Gasteiger partial charge in [-0.1, -0.05) is 0 Å². The predicted molar refractivity (Wildman–Crippen MR) is 54.6 cm³/mol. The highest BCUT2D eigenvalue weighted by Crippen LogP contribution is 2.28. The average molecular weight is 207 g/mol. The summed E-state index contributed by atoms with van der Waals surface area (Å²) in [6.45, 7) is 2.59. The van der Waals surface area contributed by atoms with Gasteiger partial charge in [-0.25, -0.2) is 0 Å². The zero-order chi connectivity index (χ0) is 11.0. The van der Waals surface area contributed by atoms with Crippen LogP contribution >= 0.6 is 0 Å². The number of phenolic OH excluding ortho intramolecular Hbond substituents is 1. The number of carbonyl (C=O) groups excluding carboxylic acids is 1. The second kappa shape index (κ2) is 3.64. The molecule has 0 spiro atoms. The molecule has 2 rings (SSSR count). The lowest BCUT2D eigenvalue weighted by molar-refractivity contribution is 0.0965. The van der Waals surface area contributed by atoms with Gasteiger partial charge < -0.3 is 15.6 Å². The van der Waals surface area contributed by atoms with Crippen molar-refractivity contribution in [2.75, 3.05) is 0 Å². The van der Waals surface area contributed by atoms with Crippen molar-refractivity contribution in [3.63, 3.8) is 0 Å². The van der Waals surface area contributed by atoms with E-state index in [0.29, 0.717) is 13.2 Å². The van der Waals surface area contributed by atoms with E-state index in [2.05, 4.69) is 0 Å². The molecule has 80 valence electrons. The summed E-state index contributed by atoms with van der Waals surface area (Å²) in [6, 6.07) is 2.65. The summed E-state index contributed by atoms with van der Waals surface area (Å²) in [7, 11) is 0. The molecule has 0 aliphatic carbocycles. The smallest absolute Gasteiger partial charge is 0.182 e. The van der Waals surface area contributed by atoms with Gasteiger partial charge in [0.25, 0.3) is 0 Å². The highest BCUT2D eigenvalue weighted by Gasteiger charge is 2.20. The number of nitrogens with two attached hydrogens (primary N) is 1. The number of carbonyl (C=O) groups is 1. The van der Waals surface area contributed by atoms with Crippen LogP contribution in [0.1, 0.15) is 28.4 Å². The molecular formula is C11H13NO3. The molecule has 0 bridgehead atoms. The Morgan fingerprint density at radius 2 is 2.07 bits per heavy atom. The minimum Gasteiger partial charge on any atom is -0.507 e. The zero-order valence-electron chi connectivity index (χ0n) is 8.49. The molecule has 0 amide bonds. The summed E-state index contributed by atoms with van der Waals surface area (Å²) in [6.07, 6.45) is 0. The molecule has 0 saturated heterocycles. The number of ether oxygens (including phenoxy) is 1. The molecule has 1 aliphatic heterocycles. The third-order valence-electron chi connectivity index (χ3n) is 2.51. The molecule has 0 saturated carbocycles. The van der Waals surface area contributed by atoms with E-state index >= 15 is 0 Å². The van der Waals surface area contributed by atoms with Crippen molar-refractivity contribution in [3.8, 4) is 5.75 Å². The van der Waals surface area contributed by atoms with Crippen LogP contribution in [0.3, 0.4) is 0 Å². The lowest BCUT2D eigenvalue weighted by atomic mass is 9.99. The normalized spacial score (nSPS) is 16.1. The molecule has 1 atom stereocenters. The Morgan fingerprint density at radius 3 is 2.67 bits per heavy atom. The van der Waals surface area contributed by atoms with Crippen LogP contribution in [0, 0.1) is 0 Å². The van der Waals surface area contributed by atoms with Gasteiger partial charge in [-0.05, 0) is 30.2 Å². The molecule has 3 N–H and O–H groups in total. The molecule has 1 unspecified atom stereocenters. The van der Waals surface area contributed by atoms with Gasteiger partial charge in [0.1, 0.15) is 5.75 Å². The minimum absolute atomic E-state index is 0.0125. The summed E-state index contributed by atoms with van der Waals surface area (Å²) in [5.74, 6) is -0.260. The van der Waals surface area contributed by atoms with E-state index in [1.54, 1.807) is 19.1 Å². The van der Waals surface area contributed by atoms with Crippen molar-refractivity contribution >= 4 is 5.78 Å². The van der Waals surface area contributed by atoms with Gasteiger partial charge in [-0.2, -0.15) is 0 Å². The first-order valence-electron chi connectivity index (χ1n) is 4.82. The molecule has 15 heavy (non-hydrogen) atoms. The summed E-state index contributed by atoms with van der Waals surface area (Å²) in [5.41, 5.74) is 7.67.